The molecule has 0 bridgehead atoms. The van der Waals surface area contributed by atoms with Crippen LogP contribution in [0.2, 0.25) is 0 Å². The van der Waals surface area contributed by atoms with E-state index in [4.69, 9.17) is 4.74 Å². The van der Waals surface area contributed by atoms with E-state index in [-0.39, 0.29) is 17.9 Å². The Hall–Kier alpha value is -0.900. The van der Waals surface area contributed by atoms with Gasteiger partial charge >= 0.3 is 11.9 Å². The highest BCUT2D eigenvalue weighted by molar-refractivity contribution is 5.86. The number of carbonyl (C=O) groups is 2. The highest BCUT2D eigenvalue weighted by Crippen LogP contribution is 2.18. The number of likely N-dealkylation sites (tertiary alicyclic amines) is 1. The van der Waals surface area contributed by atoms with Crippen LogP contribution in [0.25, 0.3) is 0 Å². The normalized spacial score (nSPS) is 18.4. The number of nitrogens with zero attached hydrogens (tertiary/aromatic N) is 1. The molecule has 0 aromatic rings. The van der Waals surface area contributed by atoms with Gasteiger partial charge in [-0.15, -0.1) is 0 Å². The Balaban J connectivity index is 2.30. The molecule has 1 fully saturated rings. The summed E-state index contributed by atoms with van der Waals surface area (Å²) >= 11 is 0. The molecule has 4 nitrogen and oxygen atoms in total. The molecule has 0 saturated carbocycles. The maximum absolute atomic E-state index is 11.6. The molecule has 1 aliphatic heterocycles. The van der Waals surface area contributed by atoms with Gasteiger partial charge in [-0.1, -0.05) is 13.8 Å². The molecule has 1 heterocycles. The lowest BCUT2D eigenvalue weighted by Crippen LogP contribution is -2.37. The maximum atomic E-state index is 11.6. The summed E-state index contributed by atoms with van der Waals surface area (Å²) in [6, 6.07) is 0. The summed E-state index contributed by atoms with van der Waals surface area (Å²) in [5, 5.41) is 0. The average molecular weight is 227 g/mol. The van der Waals surface area contributed by atoms with E-state index in [1.807, 2.05) is 6.92 Å². The first-order valence-electron chi connectivity index (χ1n) is 6.14. The Bertz CT molecular complexity index is 245. The molecule has 0 radical (unpaired) electrons. The van der Waals surface area contributed by atoms with Crippen molar-refractivity contribution < 1.29 is 14.3 Å². The lowest BCUT2D eigenvalue weighted by Gasteiger charge is -2.29. The summed E-state index contributed by atoms with van der Waals surface area (Å²) in [7, 11) is 0. The number of piperidine rings is 1. The van der Waals surface area contributed by atoms with Crippen LogP contribution < -0.4 is 0 Å². The van der Waals surface area contributed by atoms with Crippen LogP contribution in [0.5, 0.6) is 0 Å². The molecule has 0 atom stereocenters. The van der Waals surface area contributed by atoms with E-state index in [1.165, 1.54) is 0 Å². The Morgan fingerprint density at radius 1 is 1.25 bits per heavy atom. The quantitative estimate of drug-likeness (QED) is 0.540. The van der Waals surface area contributed by atoms with Crippen LogP contribution in [0.15, 0.2) is 0 Å². The molecule has 0 aliphatic carbocycles. The van der Waals surface area contributed by atoms with Gasteiger partial charge in [0.25, 0.3) is 0 Å². The topological polar surface area (TPSA) is 46.6 Å². The predicted molar refractivity (Wildman–Crippen MR) is 60.8 cm³/mol. The summed E-state index contributed by atoms with van der Waals surface area (Å²) in [6.07, 6.45) is 2.68. The van der Waals surface area contributed by atoms with Gasteiger partial charge in [0.1, 0.15) is 0 Å². The molecular formula is C12H21NO3. The number of hydrogen-bond donors (Lipinski definition) is 0. The minimum atomic E-state index is -0.384. The third-order valence-electron chi connectivity index (χ3n) is 3.04. The van der Waals surface area contributed by atoms with Gasteiger partial charge in [-0.3, -0.25) is 9.59 Å². The number of hydrogen-bond acceptors (Lipinski definition) is 4. The molecule has 4 heteroatoms. The van der Waals surface area contributed by atoms with Crippen molar-refractivity contribution in [1.82, 2.24) is 4.90 Å². The molecule has 1 aliphatic rings. The fourth-order valence-corrected chi connectivity index (χ4v) is 1.94. The summed E-state index contributed by atoms with van der Waals surface area (Å²) in [5.41, 5.74) is 0. The van der Waals surface area contributed by atoms with Crippen LogP contribution in [0, 0.1) is 5.92 Å². The zero-order valence-corrected chi connectivity index (χ0v) is 10.2. The molecule has 92 valence electrons. The molecular weight excluding hydrogens is 206 g/mol. The first-order valence-corrected chi connectivity index (χ1v) is 6.14. The minimum absolute atomic E-state index is 0.0800. The Morgan fingerprint density at radius 3 is 2.38 bits per heavy atom. The van der Waals surface area contributed by atoms with E-state index < -0.39 is 0 Å². The van der Waals surface area contributed by atoms with E-state index in [0.717, 1.165) is 38.9 Å². The molecule has 1 rings (SSSR count). The summed E-state index contributed by atoms with van der Waals surface area (Å²) in [4.78, 5) is 25.1. The van der Waals surface area contributed by atoms with Crippen molar-refractivity contribution in [3.63, 3.8) is 0 Å². The largest absolute Gasteiger partial charge is 0.393 e. The first-order chi connectivity index (χ1) is 7.67. The highest BCUT2D eigenvalue weighted by atomic mass is 16.6. The molecule has 0 aromatic heterocycles. The second kappa shape index (κ2) is 6.63. The van der Waals surface area contributed by atoms with Crippen LogP contribution in [0.4, 0.5) is 0 Å². The van der Waals surface area contributed by atoms with Crippen LogP contribution >= 0.6 is 0 Å². The van der Waals surface area contributed by atoms with Crippen molar-refractivity contribution in [3.05, 3.63) is 0 Å². The molecule has 0 aromatic carbocycles. The molecule has 0 unspecified atom stereocenters. The van der Waals surface area contributed by atoms with Crippen molar-refractivity contribution in [2.75, 3.05) is 19.6 Å². The number of carbonyl (C=O) groups excluding carboxylic acids is 2. The third kappa shape index (κ3) is 3.93. The molecule has 1 saturated heterocycles. The van der Waals surface area contributed by atoms with Crippen LogP contribution in [-0.2, 0) is 14.3 Å². The van der Waals surface area contributed by atoms with E-state index in [1.54, 1.807) is 0 Å². The second-order valence-corrected chi connectivity index (χ2v) is 4.25. The minimum Gasteiger partial charge on any atom is -0.393 e. The second-order valence-electron chi connectivity index (χ2n) is 4.25. The van der Waals surface area contributed by atoms with Crippen molar-refractivity contribution in [1.29, 1.82) is 0 Å². The summed E-state index contributed by atoms with van der Waals surface area (Å²) in [5.74, 6) is -0.789. The first kappa shape index (κ1) is 13.2. The Labute approximate surface area is 96.9 Å². The molecule has 0 N–H and O–H groups in total. The maximum Gasteiger partial charge on any atom is 0.316 e. The highest BCUT2D eigenvalue weighted by Gasteiger charge is 2.26. The zero-order chi connectivity index (χ0) is 12.0. The van der Waals surface area contributed by atoms with E-state index in [9.17, 15) is 9.59 Å². The van der Waals surface area contributed by atoms with Gasteiger partial charge in [0, 0.05) is 6.42 Å². The van der Waals surface area contributed by atoms with Gasteiger partial charge < -0.3 is 9.64 Å². The fraction of sp³-hybridized carbons (Fsp3) is 0.833. The van der Waals surface area contributed by atoms with Gasteiger partial charge in [-0.05, 0) is 38.9 Å². The monoisotopic (exact) mass is 227 g/mol. The number of ether oxygens (including phenoxy) is 1. The van der Waals surface area contributed by atoms with Gasteiger partial charge in [0.2, 0.25) is 0 Å². The molecule has 16 heavy (non-hydrogen) atoms. The van der Waals surface area contributed by atoms with Crippen molar-refractivity contribution in [2.45, 2.75) is 39.5 Å². The summed E-state index contributed by atoms with van der Waals surface area (Å²) in [6.45, 7) is 6.89. The average Bonchev–Trinajstić information content (AvgIpc) is 2.29. The Kier molecular flexibility index (Phi) is 5.46. The van der Waals surface area contributed by atoms with Crippen LogP contribution in [-0.4, -0.2) is 36.5 Å². The summed E-state index contributed by atoms with van der Waals surface area (Å²) < 4.78 is 4.80. The van der Waals surface area contributed by atoms with Gasteiger partial charge in [-0.2, -0.15) is 0 Å². The number of esters is 2. The van der Waals surface area contributed by atoms with Crippen molar-refractivity contribution in [3.8, 4) is 0 Å². The fourth-order valence-electron chi connectivity index (χ4n) is 1.94. The Morgan fingerprint density at radius 2 is 1.88 bits per heavy atom. The van der Waals surface area contributed by atoms with E-state index in [0.29, 0.717) is 6.42 Å². The lowest BCUT2D eigenvalue weighted by molar-refractivity contribution is -0.163. The van der Waals surface area contributed by atoms with E-state index >= 15 is 0 Å². The van der Waals surface area contributed by atoms with E-state index in [2.05, 4.69) is 11.8 Å². The van der Waals surface area contributed by atoms with Gasteiger partial charge in [-0.25, -0.2) is 0 Å². The van der Waals surface area contributed by atoms with Crippen LogP contribution in [0.3, 0.4) is 0 Å². The predicted octanol–water partition coefficient (Wildman–Crippen LogP) is 1.59. The third-order valence-corrected chi connectivity index (χ3v) is 3.04. The van der Waals surface area contributed by atoms with Gasteiger partial charge in [0.15, 0.2) is 0 Å². The number of rotatable bonds is 4. The zero-order valence-electron chi connectivity index (χ0n) is 10.2. The van der Waals surface area contributed by atoms with Crippen molar-refractivity contribution in [2.24, 2.45) is 5.92 Å². The molecule has 0 amide bonds. The van der Waals surface area contributed by atoms with Crippen molar-refractivity contribution >= 4 is 11.9 Å². The molecule has 0 spiro atoms. The van der Waals surface area contributed by atoms with Gasteiger partial charge in [0.05, 0.1) is 5.92 Å². The SMILES string of the molecule is CCCC(=O)OC(=O)C1CCN(CC)CC1. The standard InChI is InChI=1S/C12H21NO3/c1-3-5-11(14)16-12(15)10-6-8-13(4-2)9-7-10/h10H,3-9H2,1-2H3. The smallest absolute Gasteiger partial charge is 0.316 e. The van der Waals surface area contributed by atoms with Crippen LogP contribution in [0.1, 0.15) is 39.5 Å². The lowest BCUT2D eigenvalue weighted by atomic mass is 9.97.